The highest BCUT2D eigenvalue weighted by molar-refractivity contribution is 6.30. The van der Waals surface area contributed by atoms with Gasteiger partial charge in [0.25, 0.3) is 5.91 Å². The maximum atomic E-state index is 13.2. The van der Waals surface area contributed by atoms with Gasteiger partial charge >= 0.3 is 0 Å². The van der Waals surface area contributed by atoms with Gasteiger partial charge in [0.15, 0.2) is 0 Å². The summed E-state index contributed by atoms with van der Waals surface area (Å²) >= 11 is 6.11. The van der Waals surface area contributed by atoms with Gasteiger partial charge in [-0.15, -0.1) is 5.10 Å². The number of ether oxygens (including phenoxy) is 1. The van der Waals surface area contributed by atoms with Gasteiger partial charge in [-0.05, 0) is 31.0 Å². The lowest BCUT2D eigenvalue weighted by atomic mass is 9.95. The lowest BCUT2D eigenvalue weighted by Gasteiger charge is -2.39. The fraction of sp³-hybridized carbons (Fsp3) is 0.500. The molecule has 0 bridgehead atoms. The number of carbonyl (C=O) groups excluding carboxylic acids is 2. The summed E-state index contributed by atoms with van der Waals surface area (Å²) in [5, 5.41) is 4.88. The number of aromatic nitrogens is 2. The number of nitrogens with zero attached hydrogens (tertiary/aromatic N) is 5. The predicted molar refractivity (Wildman–Crippen MR) is 119 cm³/mol. The third kappa shape index (κ3) is 4.63. The Bertz CT molecular complexity index is 954. The molecule has 4 rings (SSSR count). The van der Waals surface area contributed by atoms with E-state index >= 15 is 0 Å². The zero-order valence-electron chi connectivity index (χ0n) is 18.0. The number of likely N-dealkylation sites (tertiary alicyclic amines) is 1. The normalized spacial score (nSPS) is 19.5. The number of hydrogen-bond acceptors (Lipinski definition) is 5. The highest BCUT2D eigenvalue weighted by atomic mass is 35.5. The van der Waals surface area contributed by atoms with Gasteiger partial charge in [-0.1, -0.05) is 17.7 Å². The molecule has 1 aromatic heterocycles. The van der Waals surface area contributed by atoms with Crippen LogP contribution in [0.25, 0.3) is 0 Å². The van der Waals surface area contributed by atoms with Crippen molar-refractivity contribution in [3.8, 4) is 5.88 Å². The van der Waals surface area contributed by atoms with E-state index in [1.807, 2.05) is 29.2 Å². The smallest absolute Gasteiger partial charge is 0.260 e. The van der Waals surface area contributed by atoms with E-state index < -0.39 is 0 Å². The number of amides is 2. The quantitative estimate of drug-likeness (QED) is 0.722. The molecular weight excluding hydrogens is 418 g/mol. The lowest BCUT2D eigenvalue weighted by Crippen LogP contribution is -2.53. The first-order chi connectivity index (χ1) is 15.0. The lowest BCUT2D eigenvalue weighted by molar-refractivity contribution is -0.137. The van der Waals surface area contributed by atoms with Gasteiger partial charge in [0.1, 0.15) is 5.56 Å². The zero-order chi connectivity index (χ0) is 22.0. The number of aryl methyl sites for hydroxylation is 1. The summed E-state index contributed by atoms with van der Waals surface area (Å²) < 4.78 is 6.80. The first-order valence-electron chi connectivity index (χ1n) is 10.6. The first kappa shape index (κ1) is 21.5. The molecule has 2 aliphatic rings. The third-order valence-corrected chi connectivity index (χ3v) is 6.28. The predicted octanol–water partition coefficient (Wildman–Crippen LogP) is 2.28. The van der Waals surface area contributed by atoms with Crippen molar-refractivity contribution in [1.29, 1.82) is 0 Å². The Hall–Kier alpha value is -2.74. The number of hydrogen-bond donors (Lipinski definition) is 0. The number of anilines is 1. The fourth-order valence-corrected chi connectivity index (χ4v) is 4.60. The van der Waals surface area contributed by atoms with E-state index in [2.05, 4.69) is 10.00 Å². The molecular formula is C22H28ClN5O3. The van der Waals surface area contributed by atoms with Crippen molar-refractivity contribution in [3.63, 3.8) is 0 Å². The second-order valence-corrected chi connectivity index (χ2v) is 8.54. The van der Waals surface area contributed by atoms with Crippen LogP contribution in [-0.2, 0) is 11.8 Å². The summed E-state index contributed by atoms with van der Waals surface area (Å²) in [7, 11) is 3.26. The fourth-order valence-electron chi connectivity index (χ4n) is 4.42. The molecule has 2 fully saturated rings. The largest absolute Gasteiger partial charge is 0.479 e. The van der Waals surface area contributed by atoms with Gasteiger partial charge in [-0.3, -0.25) is 14.3 Å². The molecule has 1 atom stereocenters. The second-order valence-electron chi connectivity index (χ2n) is 8.11. The van der Waals surface area contributed by atoms with Crippen molar-refractivity contribution in [3.05, 3.63) is 41.0 Å². The number of methoxy groups -OCH3 is 1. The Labute approximate surface area is 187 Å². The number of piperazine rings is 1. The van der Waals surface area contributed by atoms with Crippen LogP contribution in [0.2, 0.25) is 5.02 Å². The number of carbonyl (C=O) groups is 2. The molecule has 2 saturated heterocycles. The van der Waals surface area contributed by atoms with E-state index in [1.165, 1.54) is 7.11 Å². The molecule has 0 aliphatic carbocycles. The zero-order valence-corrected chi connectivity index (χ0v) is 18.7. The highest BCUT2D eigenvalue weighted by Crippen LogP contribution is 2.25. The Balaban J connectivity index is 1.36. The van der Waals surface area contributed by atoms with Crippen LogP contribution in [-0.4, -0.2) is 77.8 Å². The van der Waals surface area contributed by atoms with Gasteiger partial charge in [-0.25, -0.2) is 0 Å². The van der Waals surface area contributed by atoms with E-state index in [-0.39, 0.29) is 17.7 Å². The molecule has 8 nitrogen and oxygen atoms in total. The van der Waals surface area contributed by atoms with Gasteiger partial charge in [0, 0.05) is 63.2 Å². The number of halogens is 1. The standard InChI is InChI=1S/C22H28ClN5O3/c1-25-15-19(20(24-25)31-2)22(30)28-8-4-5-16(14-28)21(29)27-11-9-26(10-12-27)18-7-3-6-17(23)13-18/h3,6-7,13,15-16H,4-5,8-12,14H2,1-2H3. The van der Waals surface area contributed by atoms with Crippen molar-refractivity contribution >= 4 is 29.1 Å². The van der Waals surface area contributed by atoms with Gasteiger partial charge in [0.2, 0.25) is 11.8 Å². The van der Waals surface area contributed by atoms with Crippen LogP contribution in [0.15, 0.2) is 30.5 Å². The minimum Gasteiger partial charge on any atom is -0.479 e. The van der Waals surface area contributed by atoms with E-state index in [0.717, 1.165) is 31.6 Å². The van der Waals surface area contributed by atoms with Crippen LogP contribution in [0.1, 0.15) is 23.2 Å². The maximum Gasteiger partial charge on any atom is 0.260 e. The second kappa shape index (κ2) is 9.18. The monoisotopic (exact) mass is 445 g/mol. The maximum absolute atomic E-state index is 13.2. The van der Waals surface area contributed by atoms with Crippen molar-refractivity contribution in [1.82, 2.24) is 19.6 Å². The molecule has 166 valence electrons. The van der Waals surface area contributed by atoms with Crippen LogP contribution in [0.3, 0.4) is 0 Å². The average Bonchev–Trinajstić information content (AvgIpc) is 3.19. The molecule has 1 unspecified atom stereocenters. The molecule has 1 aromatic carbocycles. The first-order valence-corrected chi connectivity index (χ1v) is 11.0. The average molecular weight is 446 g/mol. The Kier molecular flexibility index (Phi) is 6.36. The molecule has 9 heteroatoms. The molecule has 2 aromatic rings. The van der Waals surface area contributed by atoms with Crippen LogP contribution in [0, 0.1) is 5.92 Å². The summed E-state index contributed by atoms with van der Waals surface area (Å²) in [5.41, 5.74) is 1.52. The van der Waals surface area contributed by atoms with Crippen molar-refractivity contribution < 1.29 is 14.3 Å². The van der Waals surface area contributed by atoms with Crippen LogP contribution >= 0.6 is 11.6 Å². The summed E-state index contributed by atoms with van der Waals surface area (Å²) in [6, 6.07) is 7.80. The van der Waals surface area contributed by atoms with E-state index in [9.17, 15) is 9.59 Å². The number of rotatable bonds is 4. The Morgan fingerprint density at radius 2 is 1.90 bits per heavy atom. The van der Waals surface area contributed by atoms with Crippen LogP contribution in [0.4, 0.5) is 5.69 Å². The summed E-state index contributed by atoms with van der Waals surface area (Å²) in [5.74, 6) is 0.158. The summed E-state index contributed by atoms with van der Waals surface area (Å²) in [6.07, 6.45) is 3.29. The van der Waals surface area contributed by atoms with Crippen LogP contribution < -0.4 is 9.64 Å². The topological polar surface area (TPSA) is 70.9 Å². The Morgan fingerprint density at radius 1 is 1.13 bits per heavy atom. The van der Waals surface area contributed by atoms with Crippen molar-refractivity contribution in [2.75, 3.05) is 51.3 Å². The van der Waals surface area contributed by atoms with Crippen molar-refractivity contribution in [2.45, 2.75) is 12.8 Å². The summed E-state index contributed by atoms with van der Waals surface area (Å²) in [6.45, 7) is 3.97. The molecule has 0 radical (unpaired) electrons. The SMILES string of the molecule is COc1nn(C)cc1C(=O)N1CCCC(C(=O)N2CCN(c3cccc(Cl)c3)CC2)C1. The number of benzene rings is 1. The van der Waals surface area contributed by atoms with Gasteiger partial charge in [-0.2, -0.15) is 0 Å². The summed E-state index contributed by atoms with van der Waals surface area (Å²) in [4.78, 5) is 32.1. The van der Waals surface area contributed by atoms with Gasteiger partial charge in [0.05, 0.1) is 13.0 Å². The minimum absolute atomic E-state index is 0.131. The number of piperidine rings is 1. The highest BCUT2D eigenvalue weighted by Gasteiger charge is 2.34. The van der Waals surface area contributed by atoms with Crippen molar-refractivity contribution in [2.24, 2.45) is 13.0 Å². The molecule has 2 amide bonds. The third-order valence-electron chi connectivity index (χ3n) is 6.04. The molecule has 3 heterocycles. The molecule has 31 heavy (non-hydrogen) atoms. The molecule has 2 aliphatic heterocycles. The van der Waals surface area contributed by atoms with Gasteiger partial charge < -0.3 is 19.4 Å². The molecule has 0 spiro atoms. The minimum atomic E-state index is -0.168. The van der Waals surface area contributed by atoms with Crippen LogP contribution in [0.5, 0.6) is 5.88 Å². The molecule has 0 N–H and O–H groups in total. The molecule has 0 saturated carbocycles. The van der Waals surface area contributed by atoms with E-state index in [4.69, 9.17) is 16.3 Å². The Morgan fingerprint density at radius 3 is 2.61 bits per heavy atom. The van der Waals surface area contributed by atoms with E-state index in [1.54, 1.807) is 22.8 Å². The van der Waals surface area contributed by atoms with E-state index in [0.29, 0.717) is 42.6 Å².